The van der Waals surface area contributed by atoms with Crippen molar-refractivity contribution in [2.45, 2.75) is 43.7 Å². The first-order chi connectivity index (χ1) is 10.7. The zero-order chi connectivity index (χ0) is 17.2. The number of methoxy groups -OCH3 is 1. The van der Waals surface area contributed by atoms with E-state index in [1.54, 1.807) is 19.9 Å². The number of anilines is 1. The molecule has 2 rings (SSSR count). The molecular weight excluding hydrogens is 354 g/mol. The normalized spacial score (nSPS) is 16.7. The van der Waals surface area contributed by atoms with E-state index in [0.29, 0.717) is 5.69 Å². The van der Waals surface area contributed by atoms with Crippen molar-refractivity contribution in [3.63, 3.8) is 0 Å². The Morgan fingerprint density at radius 2 is 1.96 bits per heavy atom. The average Bonchev–Trinajstić information content (AvgIpc) is 3.29. The molecule has 1 aromatic carbocycles. The fraction of sp³-hybridized carbons (Fsp3) is 0.533. The first-order valence-electron chi connectivity index (χ1n) is 7.51. The SMILES string of the molecule is COc1ccc(NC(=O)C(C)C(C)N)cc1S(=O)(=O)NC1CC1.Cl. The molecule has 1 aliphatic carbocycles. The molecule has 1 aromatic rings. The second kappa shape index (κ2) is 8.15. The Bertz CT molecular complexity index is 690. The molecular formula is C15H24ClN3O4S. The van der Waals surface area contributed by atoms with Crippen LogP contribution in [-0.2, 0) is 14.8 Å². The number of rotatable bonds is 7. The summed E-state index contributed by atoms with van der Waals surface area (Å²) in [4.78, 5) is 12.1. The largest absolute Gasteiger partial charge is 0.495 e. The highest BCUT2D eigenvalue weighted by Gasteiger charge is 2.30. The van der Waals surface area contributed by atoms with Crippen LogP contribution in [0, 0.1) is 5.92 Å². The Hall–Kier alpha value is -1.35. The Kier molecular flexibility index (Phi) is 7.03. The molecule has 1 saturated carbocycles. The molecule has 1 amide bonds. The van der Waals surface area contributed by atoms with Gasteiger partial charge in [0, 0.05) is 17.8 Å². The van der Waals surface area contributed by atoms with Gasteiger partial charge in [-0.1, -0.05) is 6.92 Å². The number of amides is 1. The van der Waals surface area contributed by atoms with E-state index < -0.39 is 10.0 Å². The van der Waals surface area contributed by atoms with Gasteiger partial charge in [0.25, 0.3) is 0 Å². The average molecular weight is 378 g/mol. The second-order valence-corrected chi connectivity index (χ2v) is 7.58. The molecule has 136 valence electrons. The molecule has 0 bridgehead atoms. The van der Waals surface area contributed by atoms with Gasteiger partial charge in [-0.3, -0.25) is 4.79 Å². The molecule has 0 heterocycles. The number of hydrogen-bond acceptors (Lipinski definition) is 5. The van der Waals surface area contributed by atoms with Crippen molar-refractivity contribution >= 4 is 34.0 Å². The maximum atomic E-state index is 12.4. The van der Waals surface area contributed by atoms with Crippen molar-refractivity contribution in [2.75, 3.05) is 12.4 Å². The molecule has 4 N–H and O–H groups in total. The highest BCUT2D eigenvalue weighted by atomic mass is 35.5. The standard InChI is InChI=1S/C15H23N3O4S.ClH/c1-9(10(2)16)15(19)17-12-6-7-13(22-3)14(8-12)23(20,21)18-11-4-5-11;/h6-11,18H,4-5,16H2,1-3H3,(H,17,19);1H. The molecule has 0 aromatic heterocycles. The highest BCUT2D eigenvalue weighted by Crippen LogP contribution is 2.30. The minimum atomic E-state index is -3.69. The van der Waals surface area contributed by atoms with Gasteiger partial charge in [-0.25, -0.2) is 13.1 Å². The number of halogens is 1. The highest BCUT2D eigenvalue weighted by molar-refractivity contribution is 7.89. The van der Waals surface area contributed by atoms with E-state index >= 15 is 0 Å². The molecule has 0 saturated heterocycles. The zero-order valence-corrected chi connectivity index (χ0v) is 15.5. The van der Waals surface area contributed by atoms with Crippen LogP contribution in [0.25, 0.3) is 0 Å². The van der Waals surface area contributed by atoms with Gasteiger partial charge in [0.05, 0.1) is 13.0 Å². The van der Waals surface area contributed by atoms with E-state index in [0.717, 1.165) is 12.8 Å². The summed E-state index contributed by atoms with van der Waals surface area (Å²) >= 11 is 0. The summed E-state index contributed by atoms with van der Waals surface area (Å²) in [5.41, 5.74) is 6.10. The third-order valence-electron chi connectivity index (χ3n) is 3.82. The van der Waals surface area contributed by atoms with Gasteiger partial charge in [0.2, 0.25) is 15.9 Å². The van der Waals surface area contributed by atoms with E-state index in [1.165, 1.54) is 19.2 Å². The van der Waals surface area contributed by atoms with Crippen molar-refractivity contribution in [2.24, 2.45) is 11.7 Å². The van der Waals surface area contributed by atoms with Crippen LogP contribution in [0.3, 0.4) is 0 Å². The van der Waals surface area contributed by atoms with Gasteiger partial charge < -0.3 is 15.8 Å². The Balaban J connectivity index is 0.00000288. The van der Waals surface area contributed by atoms with Gasteiger partial charge >= 0.3 is 0 Å². The van der Waals surface area contributed by atoms with E-state index in [4.69, 9.17) is 10.5 Å². The molecule has 1 fully saturated rings. The monoisotopic (exact) mass is 377 g/mol. The molecule has 0 radical (unpaired) electrons. The summed E-state index contributed by atoms with van der Waals surface area (Å²) in [6.07, 6.45) is 1.67. The third kappa shape index (κ3) is 5.07. The van der Waals surface area contributed by atoms with E-state index in [1.807, 2.05) is 0 Å². The van der Waals surface area contributed by atoms with Crippen LogP contribution in [-0.4, -0.2) is 33.5 Å². The fourth-order valence-corrected chi connectivity index (χ4v) is 3.44. The number of carbonyl (C=O) groups is 1. The second-order valence-electron chi connectivity index (χ2n) is 5.90. The molecule has 24 heavy (non-hydrogen) atoms. The van der Waals surface area contributed by atoms with Crippen LogP contribution in [0.15, 0.2) is 23.1 Å². The predicted molar refractivity (Wildman–Crippen MR) is 95.0 cm³/mol. The van der Waals surface area contributed by atoms with Gasteiger partial charge in [-0.05, 0) is 38.0 Å². The number of benzene rings is 1. The number of carbonyl (C=O) groups excluding carboxylic acids is 1. The number of nitrogens with two attached hydrogens (primary N) is 1. The van der Waals surface area contributed by atoms with Crippen LogP contribution < -0.4 is 20.5 Å². The van der Waals surface area contributed by atoms with Crippen molar-refractivity contribution in [3.05, 3.63) is 18.2 Å². The summed E-state index contributed by atoms with van der Waals surface area (Å²) in [5.74, 6) is -0.415. The van der Waals surface area contributed by atoms with Crippen molar-refractivity contribution in [1.82, 2.24) is 4.72 Å². The van der Waals surface area contributed by atoms with Crippen LogP contribution in [0.5, 0.6) is 5.75 Å². The van der Waals surface area contributed by atoms with Crippen LogP contribution in [0.1, 0.15) is 26.7 Å². The Labute approximate surface area is 148 Å². The van der Waals surface area contributed by atoms with Crippen LogP contribution in [0.2, 0.25) is 0 Å². The van der Waals surface area contributed by atoms with Crippen LogP contribution in [0.4, 0.5) is 5.69 Å². The summed E-state index contributed by atoms with van der Waals surface area (Å²) in [6.45, 7) is 3.46. The van der Waals surface area contributed by atoms with Crippen molar-refractivity contribution in [3.8, 4) is 5.75 Å². The summed E-state index contributed by atoms with van der Waals surface area (Å²) in [7, 11) is -2.28. The lowest BCUT2D eigenvalue weighted by atomic mass is 10.0. The minimum Gasteiger partial charge on any atom is -0.495 e. The topological polar surface area (TPSA) is 111 Å². The smallest absolute Gasteiger partial charge is 0.244 e. The van der Waals surface area contributed by atoms with Crippen LogP contribution >= 0.6 is 12.4 Å². The number of sulfonamides is 1. The first kappa shape index (κ1) is 20.7. The van der Waals surface area contributed by atoms with E-state index in [-0.39, 0.29) is 47.0 Å². The summed E-state index contributed by atoms with van der Waals surface area (Å²) in [5, 5.41) is 2.69. The maximum absolute atomic E-state index is 12.4. The Morgan fingerprint density at radius 3 is 2.46 bits per heavy atom. The van der Waals surface area contributed by atoms with Gasteiger partial charge in [-0.2, -0.15) is 0 Å². The predicted octanol–water partition coefficient (Wildman–Crippen LogP) is 1.48. The molecule has 2 atom stereocenters. The fourth-order valence-electron chi connectivity index (χ4n) is 1.94. The first-order valence-corrected chi connectivity index (χ1v) is 8.99. The summed E-state index contributed by atoms with van der Waals surface area (Å²) in [6, 6.07) is 4.21. The molecule has 0 spiro atoms. The Morgan fingerprint density at radius 1 is 1.33 bits per heavy atom. The van der Waals surface area contributed by atoms with Gasteiger partial charge in [0.1, 0.15) is 10.6 Å². The lowest BCUT2D eigenvalue weighted by Gasteiger charge is -2.17. The molecule has 2 unspecified atom stereocenters. The lowest BCUT2D eigenvalue weighted by molar-refractivity contribution is -0.119. The van der Waals surface area contributed by atoms with Gasteiger partial charge in [0.15, 0.2) is 0 Å². The van der Waals surface area contributed by atoms with E-state index in [2.05, 4.69) is 10.0 Å². The molecule has 1 aliphatic rings. The van der Waals surface area contributed by atoms with Gasteiger partial charge in [-0.15, -0.1) is 12.4 Å². The molecule has 9 heteroatoms. The van der Waals surface area contributed by atoms with Crippen molar-refractivity contribution in [1.29, 1.82) is 0 Å². The number of ether oxygens (including phenoxy) is 1. The number of nitrogens with one attached hydrogen (secondary N) is 2. The summed E-state index contributed by atoms with van der Waals surface area (Å²) < 4.78 is 32.6. The van der Waals surface area contributed by atoms with E-state index in [9.17, 15) is 13.2 Å². The zero-order valence-electron chi connectivity index (χ0n) is 13.9. The quantitative estimate of drug-likeness (QED) is 0.666. The third-order valence-corrected chi connectivity index (χ3v) is 5.36. The molecule has 0 aliphatic heterocycles. The minimum absolute atomic E-state index is 0. The molecule has 7 nitrogen and oxygen atoms in total. The number of hydrogen-bond donors (Lipinski definition) is 3. The van der Waals surface area contributed by atoms with Crippen molar-refractivity contribution < 1.29 is 17.9 Å². The lowest BCUT2D eigenvalue weighted by Crippen LogP contribution is -2.34. The maximum Gasteiger partial charge on any atom is 0.244 e.